The van der Waals surface area contributed by atoms with Crippen molar-refractivity contribution in [2.75, 3.05) is 13.2 Å². The van der Waals surface area contributed by atoms with Crippen LogP contribution in [0.5, 0.6) is 0 Å². The second-order valence-corrected chi connectivity index (χ2v) is 7.40. The average molecular weight is 358 g/mol. The second kappa shape index (κ2) is 14.3. The lowest BCUT2D eigenvalue weighted by Gasteiger charge is -2.28. The van der Waals surface area contributed by atoms with Crippen LogP contribution in [0.15, 0.2) is 0 Å². The van der Waals surface area contributed by atoms with E-state index in [9.17, 15) is 19.8 Å². The molecular weight excluding hydrogens is 318 g/mol. The minimum atomic E-state index is -1.08. The predicted molar refractivity (Wildman–Crippen MR) is 101 cm³/mol. The number of nitrogens with one attached hydrogen (secondary N) is 1. The van der Waals surface area contributed by atoms with Gasteiger partial charge in [0, 0.05) is 6.42 Å². The molecule has 0 aliphatic carbocycles. The van der Waals surface area contributed by atoms with Gasteiger partial charge in [0.05, 0.1) is 24.7 Å². The van der Waals surface area contributed by atoms with Crippen molar-refractivity contribution in [3.8, 4) is 0 Å². The van der Waals surface area contributed by atoms with Gasteiger partial charge >= 0.3 is 0 Å². The van der Waals surface area contributed by atoms with Crippen molar-refractivity contribution in [3.05, 3.63) is 0 Å². The van der Waals surface area contributed by atoms with E-state index in [0.717, 1.165) is 51.4 Å². The molecule has 0 aromatic rings. The van der Waals surface area contributed by atoms with Crippen LogP contribution >= 0.6 is 0 Å². The van der Waals surface area contributed by atoms with Gasteiger partial charge in [-0.05, 0) is 19.8 Å². The van der Waals surface area contributed by atoms with Crippen molar-refractivity contribution in [2.24, 2.45) is 5.92 Å². The smallest absolute Gasteiger partial charge is 0.231 e. The first kappa shape index (κ1) is 24.1. The summed E-state index contributed by atoms with van der Waals surface area (Å²) < 4.78 is 0. The molecule has 0 saturated carbocycles. The molecule has 0 aromatic carbocycles. The molecule has 5 nitrogen and oxygen atoms in total. The normalized spacial score (nSPS) is 12.8. The molecule has 0 rings (SSSR count). The molecule has 1 atom stereocenters. The van der Waals surface area contributed by atoms with Crippen LogP contribution in [0.25, 0.3) is 0 Å². The Hall–Kier alpha value is -0.940. The number of ketones is 1. The number of aliphatic hydroxyl groups excluding tert-OH is 2. The summed E-state index contributed by atoms with van der Waals surface area (Å²) >= 11 is 0. The first-order chi connectivity index (χ1) is 11.9. The molecule has 0 fully saturated rings. The lowest BCUT2D eigenvalue weighted by Crippen LogP contribution is -2.54. The summed E-state index contributed by atoms with van der Waals surface area (Å²) in [6.07, 6.45) is 10.4. The first-order valence-corrected chi connectivity index (χ1v) is 10.0. The molecule has 148 valence electrons. The molecule has 0 aromatic heterocycles. The monoisotopic (exact) mass is 357 g/mol. The number of aliphatic hydroxyl groups is 2. The summed E-state index contributed by atoms with van der Waals surface area (Å²) in [5.41, 5.74) is -1.08. The van der Waals surface area contributed by atoms with Crippen molar-refractivity contribution < 1.29 is 19.8 Å². The van der Waals surface area contributed by atoms with Gasteiger partial charge in [-0.1, -0.05) is 65.2 Å². The maximum Gasteiger partial charge on any atom is 0.231 e. The number of carbonyl (C=O) groups is 2. The molecule has 0 radical (unpaired) electrons. The van der Waals surface area contributed by atoms with Crippen LogP contribution in [0.2, 0.25) is 0 Å². The van der Waals surface area contributed by atoms with E-state index in [1.54, 1.807) is 6.92 Å². The van der Waals surface area contributed by atoms with Crippen LogP contribution in [-0.4, -0.2) is 40.7 Å². The minimum Gasteiger partial charge on any atom is -0.394 e. The Morgan fingerprint density at radius 2 is 1.40 bits per heavy atom. The average Bonchev–Trinajstić information content (AvgIpc) is 2.61. The minimum absolute atomic E-state index is 0.0104. The van der Waals surface area contributed by atoms with Gasteiger partial charge < -0.3 is 15.5 Å². The van der Waals surface area contributed by atoms with Crippen molar-refractivity contribution in [1.29, 1.82) is 0 Å². The van der Waals surface area contributed by atoms with Crippen molar-refractivity contribution >= 4 is 11.7 Å². The van der Waals surface area contributed by atoms with E-state index in [0.29, 0.717) is 12.8 Å². The Kier molecular flexibility index (Phi) is 13.7. The number of hydrogen-bond acceptors (Lipinski definition) is 4. The summed E-state index contributed by atoms with van der Waals surface area (Å²) in [4.78, 5) is 25.1. The maximum absolute atomic E-state index is 12.6. The van der Waals surface area contributed by atoms with Crippen LogP contribution in [0.4, 0.5) is 0 Å². The van der Waals surface area contributed by atoms with Gasteiger partial charge in [0.1, 0.15) is 5.78 Å². The predicted octanol–water partition coefficient (Wildman–Crippen LogP) is 3.36. The van der Waals surface area contributed by atoms with E-state index in [1.165, 1.54) is 6.42 Å². The highest BCUT2D eigenvalue weighted by atomic mass is 16.3. The molecule has 0 saturated heterocycles. The fourth-order valence-corrected chi connectivity index (χ4v) is 2.80. The Morgan fingerprint density at radius 1 is 0.880 bits per heavy atom. The van der Waals surface area contributed by atoms with Crippen LogP contribution in [0.1, 0.15) is 91.4 Å². The van der Waals surface area contributed by atoms with Crippen LogP contribution in [0.3, 0.4) is 0 Å². The van der Waals surface area contributed by atoms with Gasteiger partial charge in [0.15, 0.2) is 0 Å². The van der Waals surface area contributed by atoms with Crippen molar-refractivity contribution in [3.63, 3.8) is 0 Å². The Bertz CT molecular complexity index is 367. The largest absolute Gasteiger partial charge is 0.394 e. The Labute approximate surface area is 153 Å². The quantitative estimate of drug-likeness (QED) is 0.292. The summed E-state index contributed by atoms with van der Waals surface area (Å²) in [5.74, 6) is -1.04. The highest BCUT2D eigenvalue weighted by Crippen LogP contribution is 2.18. The Balaban J connectivity index is 4.66. The highest BCUT2D eigenvalue weighted by Gasteiger charge is 2.31. The zero-order chi connectivity index (χ0) is 19.1. The zero-order valence-corrected chi connectivity index (χ0v) is 16.5. The van der Waals surface area contributed by atoms with Gasteiger partial charge in [0.2, 0.25) is 5.91 Å². The standard InChI is InChI=1S/C20H39NO4/c1-4-6-8-10-12-14-18(24)17(13-11-9-7-5-2)19(25)21-20(3,15-22)16-23/h17,22-23H,4-16H2,1-3H3,(H,21,25). The van der Waals surface area contributed by atoms with E-state index in [1.807, 2.05) is 0 Å². The van der Waals surface area contributed by atoms with Gasteiger partial charge in [-0.3, -0.25) is 9.59 Å². The zero-order valence-electron chi connectivity index (χ0n) is 16.5. The molecule has 3 N–H and O–H groups in total. The van der Waals surface area contributed by atoms with Crippen molar-refractivity contribution in [2.45, 2.75) is 96.9 Å². The molecule has 0 aliphatic heterocycles. The third kappa shape index (κ3) is 10.6. The summed E-state index contributed by atoms with van der Waals surface area (Å²) in [5, 5.41) is 21.4. The van der Waals surface area contributed by atoms with Gasteiger partial charge in [-0.25, -0.2) is 0 Å². The topological polar surface area (TPSA) is 86.6 Å². The number of rotatable bonds is 16. The van der Waals surface area contributed by atoms with E-state index in [2.05, 4.69) is 19.2 Å². The molecule has 0 bridgehead atoms. The molecule has 1 amide bonds. The van der Waals surface area contributed by atoms with E-state index >= 15 is 0 Å². The lowest BCUT2D eigenvalue weighted by atomic mass is 9.91. The SMILES string of the molecule is CCCCCCCC(=O)C(CCCCCC)C(=O)NC(C)(CO)CO. The molecule has 5 heteroatoms. The Morgan fingerprint density at radius 3 is 1.92 bits per heavy atom. The fourth-order valence-electron chi connectivity index (χ4n) is 2.80. The highest BCUT2D eigenvalue weighted by molar-refractivity contribution is 6.01. The van der Waals surface area contributed by atoms with Gasteiger partial charge in [-0.2, -0.15) is 0 Å². The molecule has 0 aliphatic rings. The summed E-state index contributed by atoms with van der Waals surface area (Å²) in [6, 6.07) is 0. The van der Waals surface area contributed by atoms with Crippen LogP contribution < -0.4 is 5.32 Å². The third-order valence-electron chi connectivity index (χ3n) is 4.70. The maximum atomic E-state index is 12.6. The molecule has 0 spiro atoms. The molecule has 25 heavy (non-hydrogen) atoms. The van der Waals surface area contributed by atoms with E-state index in [4.69, 9.17) is 0 Å². The molecule has 0 heterocycles. The van der Waals surface area contributed by atoms with Gasteiger partial charge in [0.25, 0.3) is 0 Å². The van der Waals surface area contributed by atoms with E-state index < -0.39 is 11.5 Å². The summed E-state index contributed by atoms with van der Waals surface area (Å²) in [6.45, 7) is 5.14. The van der Waals surface area contributed by atoms with Gasteiger partial charge in [-0.15, -0.1) is 0 Å². The lowest BCUT2D eigenvalue weighted by molar-refractivity contribution is -0.136. The van der Waals surface area contributed by atoms with Crippen LogP contribution in [-0.2, 0) is 9.59 Å². The summed E-state index contributed by atoms with van der Waals surface area (Å²) in [7, 11) is 0. The number of carbonyl (C=O) groups excluding carboxylic acids is 2. The molecular formula is C20H39NO4. The third-order valence-corrected chi connectivity index (χ3v) is 4.70. The fraction of sp³-hybridized carbons (Fsp3) is 0.900. The second-order valence-electron chi connectivity index (χ2n) is 7.40. The van der Waals surface area contributed by atoms with Crippen molar-refractivity contribution in [1.82, 2.24) is 5.32 Å². The first-order valence-electron chi connectivity index (χ1n) is 10.0. The van der Waals surface area contributed by atoms with Crippen LogP contribution in [0, 0.1) is 5.92 Å². The number of unbranched alkanes of at least 4 members (excludes halogenated alkanes) is 7. The number of hydrogen-bond donors (Lipinski definition) is 3. The number of amides is 1. The van der Waals surface area contributed by atoms with E-state index in [-0.39, 0.29) is 24.9 Å². The molecule has 1 unspecified atom stereocenters. The number of Topliss-reactive ketones (excluding diaryl/α,β-unsaturated/α-hetero) is 1.